The molecular weight excluding hydrogens is 567 g/mol. The fourth-order valence-electron chi connectivity index (χ4n) is 5.42. The molecule has 1 aliphatic carbocycles. The van der Waals surface area contributed by atoms with Gasteiger partial charge in [0.1, 0.15) is 0 Å². The minimum absolute atomic E-state index is 0. The normalized spacial score (nSPS) is 12.3. The number of hydrogen-bond acceptors (Lipinski definition) is 5. The van der Waals surface area contributed by atoms with Crippen molar-refractivity contribution in [2.45, 2.75) is 64.7 Å². The van der Waals surface area contributed by atoms with Crippen molar-refractivity contribution < 1.29 is 22.7 Å². The number of aryl methyl sites for hydroxylation is 3. The second-order valence-electron chi connectivity index (χ2n) is 10.4. The monoisotopic (exact) mass is 603 g/mol. The van der Waals surface area contributed by atoms with Gasteiger partial charge in [0, 0.05) is 63.2 Å². The number of unbranched alkanes of at least 4 members (excludes halogenated alkanes) is 1. The standard InChI is InChI=1S/C31H36F3N5O2.ClH/c1-5-38(13-7-6-11-30(40)41-4)28-18-24-10-8-9-23(24)17-25(28)21-39(29-12-14-37(3)36-29)20-22-15-26(31(32,33)34)19-27(16-22)35-2;/h12,14-19H,5-11,13,20-21H2,1,3-4H3;1H. The fourth-order valence-corrected chi connectivity index (χ4v) is 5.42. The largest absolute Gasteiger partial charge is 0.469 e. The van der Waals surface area contributed by atoms with Crippen molar-refractivity contribution in [3.8, 4) is 0 Å². The van der Waals surface area contributed by atoms with Crippen molar-refractivity contribution in [3.63, 3.8) is 0 Å². The molecule has 42 heavy (non-hydrogen) atoms. The zero-order chi connectivity index (χ0) is 29.6. The molecule has 226 valence electrons. The first-order chi connectivity index (χ1) is 19.6. The first-order valence-corrected chi connectivity index (χ1v) is 13.9. The third-order valence-corrected chi connectivity index (χ3v) is 7.49. The highest BCUT2D eigenvalue weighted by Crippen LogP contribution is 2.35. The molecule has 0 saturated carbocycles. The summed E-state index contributed by atoms with van der Waals surface area (Å²) in [5.41, 5.74) is 4.33. The van der Waals surface area contributed by atoms with E-state index in [4.69, 9.17) is 11.3 Å². The van der Waals surface area contributed by atoms with Crippen molar-refractivity contribution in [2.24, 2.45) is 7.05 Å². The van der Waals surface area contributed by atoms with E-state index in [0.29, 0.717) is 24.3 Å². The number of anilines is 2. The number of benzene rings is 2. The molecule has 0 spiro atoms. The van der Waals surface area contributed by atoms with Gasteiger partial charge in [0.2, 0.25) is 0 Å². The molecule has 0 amide bonds. The lowest BCUT2D eigenvalue weighted by Crippen LogP contribution is -2.28. The van der Waals surface area contributed by atoms with Crippen molar-refractivity contribution >= 4 is 35.6 Å². The van der Waals surface area contributed by atoms with E-state index in [1.807, 2.05) is 17.2 Å². The van der Waals surface area contributed by atoms with Crippen LogP contribution >= 0.6 is 12.4 Å². The van der Waals surface area contributed by atoms with Gasteiger partial charge in [-0.3, -0.25) is 9.48 Å². The Morgan fingerprint density at radius 3 is 2.45 bits per heavy atom. The Balaban J connectivity index is 0.00000484. The van der Waals surface area contributed by atoms with Gasteiger partial charge in [-0.25, -0.2) is 4.85 Å². The molecule has 1 heterocycles. The van der Waals surface area contributed by atoms with Crippen LogP contribution in [0.5, 0.6) is 0 Å². The summed E-state index contributed by atoms with van der Waals surface area (Å²) >= 11 is 0. The van der Waals surface area contributed by atoms with E-state index in [1.165, 1.54) is 24.3 Å². The molecule has 0 atom stereocenters. The van der Waals surface area contributed by atoms with Crippen LogP contribution in [0.4, 0.5) is 30.4 Å². The lowest BCUT2D eigenvalue weighted by Gasteiger charge is -2.30. The van der Waals surface area contributed by atoms with Gasteiger partial charge in [-0.1, -0.05) is 12.1 Å². The Hall–Kier alpha value is -3.71. The van der Waals surface area contributed by atoms with Crippen LogP contribution in [0, 0.1) is 6.57 Å². The highest BCUT2D eigenvalue weighted by atomic mass is 35.5. The van der Waals surface area contributed by atoms with Crippen LogP contribution in [0.25, 0.3) is 4.85 Å². The molecule has 4 rings (SSSR count). The van der Waals surface area contributed by atoms with Gasteiger partial charge in [0.05, 0.1) is 13.7 Å². The first kappa shape index (κ1) is 32.8. The topological polar surface area (TPSA) is 55.0 Å². The zero-order valence-electron chi connectivity index (χ0n) is 24.2. The number of fused-ring (bicyclic) bond motifs is 1. The first-order valence-electron chi connectivity index (χ1n) is 13.9. The average molecular weight is 604 g/mol. The molecule has 7 nitrogen and oxygen atoms in total. The van der Waals surface area contributed by atoms with Gasteiger partial charge in [0.25, 0.3) is 0 Å². The molecule has 3 aromatic rings. The predicted molar refractivity (Wildman–Crippen MR) is 160 cm³/mol. The van der Waals surface area contributed by atoms with Crippen molar-refractivity contribution in [2.75, 3.05) is 30.0 Å². The molecule has 0 fully saturated rings. The number of halogens is 4. The number of nitrogens with zero attached hydrogens (tertiary/aromatic N) is 5. The summed E-state index contributed by atoms with van der Waals surface area (Å²) in [6, 6.07) is 9.87. The molecule has 0 unspecified atom stereocenters. The van der Waals surface area contributed by atoms with E-state index < -0.39 is 11.7 Å². The molecule has 0 N–H and O–H groups in total. The van der Waals surface area contributed by atoms with Crippen LogP contribution in [0.1, 0.15) is 60.4 Å². The van der Waals surface area contributed by atoms with Crippen LogP contribution in [0.15, 0.2) is 42.6 Å². The van der Waals surface area contributed by atoms with E-state index >= 15 is 0 Å². The lowest BCUT2D eigenvalue weighted by molar-refractivity contribution is -0.140. The van der Waals surface area contributed by atoms with Crippen molar-refractivity contribution in [3.05, 3.63) is 81.8 Å². The molecule has 0 bridgehead atoms. The van der Waals surface area contributed by atoms with E-state index in [1.54, 1.807) is 11.7 Å². The summed E-state index contributed by atoms with van der Waals surface area (Å²) in [5.74, 6) is 0.426. The number of ether oxygens (including phenoxy) is 1. The summed E-state index contributed by atoms with van der Waals surface area (Å²) in [5, 5.41) is 4.57. The Kier molecular flexibility index (Phi) is 11.3. The molecule has 11 heteroatoms. The van der Waals surface area contributed by atoms with Gasteiger partial charge >= 0.3 is 12.1 Å². The molecule has 1 aromatic heterocycles. The van der Waals surface area contributed by atoms with E-state index in [-0.39, 0.29) is 30.6 Å². The minimum atomic E-state index is -4.55. The van der Waals surface area contributed by atoms with Crippen LogP contribution < -0.4 is 9.80 Å². The zero-order valence-corrected chi connectivity index (χ0v) is 25.0. The number of carbonyl (C=O) groups excluding carboxylic acids is 1. The number of alkyl halides is 3. The van der Waals surface area contributed by atoms with Crippen LogP contribution in [0.2, 0.25) is 0 Å². The van der Waals surface area contributed by atoms with E-state index in [0.717, 1.165) is 68.6 Å². The van der Waals surface area contributed by atoms with Crippen molar-refractivity contribution in [1.82, 2.24) is 9.78 Å². The van der Waals surface area contributed by atoms with E-state index in [2.05, 4.69) is 33.9 Å². The second kappa shape index (κ2) is 14.5. The highest BCUT2D eigenvalue weighted by molar-refractivity contribution is 5.85. The average Bonchev–Trinajstić information content (AvgIpc) is 3.60. The summed E-state index contributed by atoms with van der Waals surface area (Å²) in [7, 11) is 3.20. The Morgan fingerprint density at radius 1 is 1.10 bits per heavy atom. The van der Waals surface area contributed by atoms with Crippen LogP contribution in [-0.4, -0.2) is 35.9 Å². The summed E-state index contributed by atoms with van der Waals surface area (Å²) < 4.78 is 47.3. The number of methoxy groups -OCH3 is 1. The van der Waals surface area contributed by atoms with Crippen molar-refractivity contribution in [1.29, 1.82) is 0 Å². The molecule has 1 aliphatic rings. The maximum Gasteiger partial charge on any atom is 0.415 e. The summed E-state index contributed by atoms with van der Waals surface area (Å²) in [4.78, 5) is 19.1. The second-order valence-corrected chi connectivity index (χ2v) is 10.4. The van der Waals surface area contributed by atoms with Gasteiger partial charge in [0.15, 0.2) is 11.5 Å². The third kappa shape index (κ3) is 8.19. The van der Waals surface area contributed by atoms with Gasteiger partial charge in [-0.05, 0) is 79.5 Å². The van der Waals surface area contributed by atoms with Gasteiger partial charge in [-0.15, -0.1) is 12.4 Å². The van der Waals surface area contributed by atoms with Gasteiger partial charge in [-0.2, -0.15) is 18.3 Å². The molecular formula is C31H37ClF3N5O2. The Labute approximate surface area is 251 Å². The number of hydrogen-bond donors (Lipinski definition) is 0. The fraction of sp³-hybridized carbons (Fsp3) is 0.452. The van der Waals surface area contributed by atoms with Crippen LogP contribution in [0.3, 0.4) is 0 Å². The number of carbonyl (C=O) groups is 1. The van der Waals surface area contributed by atoms with E-state index in [9.17, 15) is 18.0 Å². The SMILES string of the molecule is Cl.[C-]#[N+]c1cc(CN(Cc2cc3c(cc2N(CC)CCCCC(=O)OC)CCC3)c2ccn(C)n2)cc(C(F)(F)F)c1. The summed E-state index contributed by atoms with van der Waals surface area (Å²) in [6.45, 7) is 11.6. The highest BCUT2D eigenvalue weighted by Gasteiger charge is 2.31. The smallest absolute Gasteiger partial charge is 0.415 e. The maximum atomic E-state index is 13.6. The Morgan fingerprint density at radius 2 is 1.83 bits per heavy atom. The number of aromatic nitrogens is 2. The maximum absolute atomic E-state index is 13.6. The lowest BCUT2D eigenvalue weighted by atomic mass is 10.0. The molecule has 0 aliphatic heterocycles. The minimum Gasteiger partial charge on any atom is -0.469 e. The molecule has 0 saturated heterocycles. The molecule has 0 radical (unpaired) electrons. The predicted octanol–water partition coefficient (Wildman–Crippen LogP) is 7.28. The third-order valence-electron chi connectivity index (χ3n) is 7.49. The molecule has 2 aromatic carbocycles. The quantitative estimate of drug-likeness (QED) is 0.124. The summed E-state index contributed by atoms with van der Waals surface area (Å²) in [6.07, 6.45) is 2.31. The Bertz CT molecular complexity index is 1420. The number of rotatable bonds is 12. The van der Waals surface area contributed by atoms with Gasteiger partial charge < -0.3 is 14.5 Å². The van der Waals surface area contributed by atoms with Crippen LogP contribution in [-0.2, 0) is 48.7 Å². The number of esters is 1.